The SMILES string of the molecule is CN(C)CCCNC(=O)c1cc2ccc(Cl)cc2c2ccsc12. The predicted octanol–water partition coefficient (Wildman–Crippen LogP) is 4.39. The molecule has 0 spiro atoms. The second-order valence-electron chi connectivity index (χ2n) is 5.87. The summed E-state index contributed by atoms with van der Waals surface area (Å²) in [5.74, 6) is -0.00643. The van der Waals surface area contributed by atoms with E-state index in [4.69, 9.17) is 11.6 Å². The number of carbonyl (C=O) groups is 1. The van der Waals surface area contributed by atoms with Gasteiger partial charge in [-0.2, -0.15) is 0 Å². The van der Waals surface area contributed by atoms with Crippen LogP contribution in [0.4, 0.5) is 0 Å². The number of thiophene rings is 1. The van der Waals surface area contributed by atoms with Crippen molar-refractivity contribution in [3.05, 3.63) is 46.3 Å². The van der Waals surface area contributed by atoms with Gasteiger partial charge in [0, 0.05) is 21.7 Å². The average molecular weight is 347 g/mol. The van der Waals surface area contributed by atoms with Crippen molar-refractivity contribution in [2.45, 2.75) is 6.42 Å². The molecule has 5 heteroatoms. The van der Waals surface area contributed by atoms with Gasteiger partial charge in [-0.3, -0.25) is 4.79 Å². The molecule has 3 rings (SSSR count). The van der Waals surface area contributed by atoms with Crippen molar-refractivity contribution >= 4 is 49.7 Å². The van der Waals surface area contributed by atoms with Crippen molar-refractivity contribution in [3.63, 3.8) is 0 Å². The molecule has 0 fully saturated rings. The molecule has 1 N–H and O–H groups in total. The minimum absolute atomic E-state index is 0.00643. The molecule has 23 heavy (non-hydrogen) atoms. The number of nitrogens with zero attached hydrogens (tertiary/aromatic N) is 1. The quantitative estimate of drug-likeness (QED) is 0.695. The van der Waals surface area contributed by atoms with Crippen LogP contribution in [0.5, 0.6) is 0 Å². The molecule has 0 aliphatic rings. The number of nitrogens with one attached hydrogen (secondary N) is 1. The van der Waals surface area contributed by atoms with E-state index < -0.39 is 0 Å². The van der Waals surface area contributed by atoms with Crippen LogP contribution in [0.15, 0.2) is 35.7 Å². The molecule has 1 aromatic heterocycles. The summed E-state index contributed by atoms with van der Waals surface area (Å²) in [7, 11) is 4.07. The summed E-state index contributed by atoms with van der Waals surface area (Å²) < 4.78 is 1.02. The second kappa shape index (κ2) is 6.87. The Labute approximate surface area is 144 Å². The van der Waals surface area contributed by atoms with E-state index in [0.717, 1.165) is 39.4 Å². The Morgan fingerprint density at radius 2 is 2.04 bits per heavy atom. The van der Waals surface area contributed by atoms with Crippen molar-refractivity contribution in [1.82, 2.24) is 10.2 Å². The molecule has 3 aromatic rings. The van der Waals surface area contributed by atoms with Crippen molar-refractivity contribution in [3.8, 4) is 0 Å². The Morgan fingerprint density at radius 1 is 1.22 bits per heavy atom. The Hall–Kier alpha value is -1.62. The first-order valence-corrected chi connectivity index (χ1v) is 8.84. The van der Waals surface area contributed by atoms with Gasteiger partial charge in [-0.05, 0) is 67.5 Å². The van der Waals surface area contributed by atoms with Crippen LogP contribution in [-0.2, 0) is 0 Å². The number of carbonyl (C=O) groups excluding carboxylic acids is 1. The number of amides is 1. The lowest BCUT2D eigenvalue weighted by Crippen LogP contribution is -2.27. The van der Waals surface area contributed by atoms with Crippen LogP contribution in [0.1, 0.15) is 16.8 Å². The largest absolute Gasteiger partial charge is 0.352 e. The average Bonchev–Trinajstić information content (AvgIpc) is 3.00. The fraction of sp³-hybridized carbons (Fsp3) is 0.278. The zero-order valence-electron chi connectivity index (χ0n) is 13.2. The first kappa shape index (κ1) is 16.2. The normalized spacial score (nSPS) is 11.5. The van der Waals surface area contributed by atoms with Crippen LogP contribution in [0.3, 0.4) is 0 Å². The molecule has 0 bridgehead atoms. The summed E-state index contributed by atoms with van der Waals surface area (Å²) in [5.41, 5.74) is 0.745. The highest BCUT2D eigenvalue weighted by molar-refractivity contribution is 7.17. The molecule has 0 atom stereocenters. The van der Waals surface area contributed by atoms with Gasteiger partial charge < -0.3 is 10.2 Å². The Balaban J connectivity index is 1.92. The van der Waals surface area contributed by atoms with Crippen LogP contribution in [0.25, 0.3) is 20.9 Å². The van der Waals surface area contributed by atoms with Gasteiger partial charge in [-0.25, -0.2) is 0 Å². The van der Waals surface area contributed by atoms with E-state index in [1.165, 1.54) is 0 Å². The molecular weight excluding hydrogens is 328 g/mol. The zero-order valence-corrected chi connectivity index (χ0v) is 14.8. The summed E-state index contributed by atoms with van der Waals surface area (Å²) in [6.07, 6.45) is 0.940. The van der Waals surface area contributed by atoms with Gasteiger partial charge >= 0.3 is 0 Å². The molecule has 0 radical (unpaired) electrons. The molecule has 0 saturated carbocycles. The van der Waals surface area contributed by atoms with E-state index in [1.807, 2.05) is 43.7 Å². The van der Waals surface area contributed by atoms with Gasteiger partial charge in [0.15, 0.2) is 0 Å². The third kappa shape index (κ3) is 3.50. The predicted molar refractivity (Wildman–Crippen MR) is 99.8 cm³/mol. The first-order chi connectivity index (χ1) is 11.1. The molecule has 0 unspecified atom stereocenters. The van der Waals surface area contributed by atoms with Crippen LogP contribution in [0.2, 0.25) is 5.02 Å². The molecule has 3 nitrogen and oxygen atoms in total. The van der Waals surface area contributed by atoms with Crippen molar-refractivity contribution in [2.75, 3.05) is 27.2 Å². The monoisotopic (exact) mass is 346 g/mol. The highest BCUT2D eigenvalue weighted by atomic mass is 35.5. The maximum Gasteiger partial charge on any atom is 0.252 e. The summed E-state index contributed by atoms with van der Waals surface area (Å²) >= 11 is 7.71. The summed E-state index contributed by atoms with van der Waals surface area (Å²) in [6.45, 7) is 1.65. The van der Waals surface area contributed by atoms with E-state index in [1.54, 1.807) is 11.3 Å². The molecule has 0 aliphatic heterocycles. The zero-order chi connectivity index (χ0) is 16.4. The maximum absolute atomic E-state index is 12.6. The summed E-state index contributed by atoms with van der Waals surface area (Å²) in [5, 5.41) is 8.99. The lowest BCUT2D eigenvalue weighted by molar-refractivity contribution is 0.0954. The number of rotatable bonds is 5. The van der Waals surface area contributed by atoms with Crippen molar-refractivity contribution in [1.29, 1.82) is 0 Å². The van der Waals surface area contributed by atoms with Gasteiger partial charge in [0.2, 0.25) is 0 Å². The Bertz CT molecular complexity index is 857. The highest BCUT2D eigenvalue weighted by Crippen LogP contribution is 2.34. The molecule has 0 aliphatic carbocycles. The van der Waals surface area contributed by atoms with Crippen LogP contribution in [-0.4, -0.2) is 38.0 Å². The third-order valence-corrected chi connectivity index (χ3v) is 5.01. The van der Waals surface area contributed by atoms with E-state index in [2.05, 4.69) is 16.3 Å². The van der Waals surface area contributed by atoms with E-state index in [9.17, 15) is 4.79 Å². The number of hydrogen-bond acceptors (Lipinski definition) is 3. The molecule has 1 amide bonds. The van der Waals surface area contributed by atoms with Gasteiger partial charge in [0.25, 0.3) is 5.91 Å². The van der Waals surface area contributed by atoms with Crippen LogP contribution in [0, 0.1) is 0 Å². The lowest BCUT2D eigenvalue weighted by atomic mass is 10.0. The smallest absolute Gasteiger partial charge is 0.252 e. The fourth-order valence-electron chi connectivity index (χ4n) is 2.70. The summed E-state index contributed by atoms with van der Waals surface area (Å²) in [4.78, 5) is 14.7. The van der Waals surface area contributed by atoms with Crippen molar-refractivity contribution in [2.24, 2.45) is 0 Å². The number of benzene rings is 2. The Morgan fingerprint density at radius 3 is 2.83 bits per heavy atom. The number of halogens is 1. The maximum atomic E-state index is 12.6. The van der Waals surface area contributed by atoms with Crippen LogP contribution < -0.4 is 5.32 Å². The van der Waals surface area contributed by atoms with Gasteiger partial charge in [-0.15, -0.1) is 11.3 Å². The minimum atomic E-state index is -0.00643. The highest BCUT2D eigenvalue weighted by Gasteiger charge is 2.14. The van der Waals surface area contributed by atoms with E-state index >= 15 is 0 Å². The minimum Gasteiger partial charge on any atom is -0.352 e. The van der Waals surface area contributed by atoms with E-state index in [-0.39, 0.29) is 5.91 Å². The topological polar surface area (TPSA) is 32.3 Å². The van der Waals surface area contributed by atoms with Gasteiger partial charge in [0.1, 0.15) is 0 Å². The first-order valence-electron chi connectivity index (χ1n) is 7.58. The van der Waals surface area contributed by atoms with Gasteiger partial charge in [-0.1, -0.05) is 17.7 Å². The molecule has 0 saturated heterocycles. The molecule has 2 aromatic carbocycles. The Kier molecular flexibility index (Phi) is 4.85. The third-order valence-electron chi connectivity index (χ3n) is 3.83. The fourth-order valence-corrected chi connectivity index (χ4v) is 3.80. The molecule has 120 valence electrons. The number of fused-ring (bicyclic) bond motifs is 3. The van der Waals surface area contributed by atoms with E-state index in [0.29, 0.717) is 11.6 Å². The number of hydrogen-bond donors (Lipinski definition) is 1. The van der Waals surface area contributed by atoms with Crippen LogP contribution >= 0.6 is 22.9 Å². The van der Waals surface area contributed by atoms with Crippen molar-refractivity contribution < 1.29 is 4.79 Å². The van der Waals surface area contributed by atoms with Gasteiger partial charge in [0.05, 0.1) is 5.56 Å². The molecule has 1 heterocycles. The lowest BCUT2D eigenvalue weighted by Gasteiger charge is -2.11. The standard InChI is InChI=1S/C18H19ClN2OS/c1-21(2)8-3-7-20-18(22)16-10-12-4-5-13(19)11-15(12)14-6-9-23-17(14)16/h4-6,9-11H,3,7-8H2,1-2H3,(H,20,22). The molecular formula is C18H19ClN2OS. The summed E-state index contributed by atoms with van der Waals surface area (Å²) in [6, 6.07) is 9.82. The second-order valence-corrected chi connectivity index (χ2v) is 7.22.